The van der Waals surface area contributed by atoms with Crippen LogP contribution in [-0.2, 0) is 24.3 Å². The van der Waals surface area contributed by atoms with E-state index in [0.717, 1.165) is 81.5 Å². The molecule has 3 aromatic rings. The zero-order valence-corrected chi connectivity index (χ0v) is 22.3. The highest BCUT2D eigenvalue weighted by atomic mass is 16.4. The molecule has 0 spiro atoms. The normalized spacial score (nSPS) is 12.2. The largest absolute Gasteiger partial charge is 0.481 e. The van der Waals surface area contributed by atoms with Crippen molar-refractivity contribution < 1.29 is 9.90 Å². The van der Waals surface area contributed by atoms with Crippen molar-refractivity contribution in [2.24, 2.45) is 0 Å². The van der Waals surface area contributed by atoms with Gasteiger partial charge >= 0.3 is 5.97 Å². The third-order valence-corrected chi connectivity index (χ3v) is 6.80. The molecule has 3 rings (SSSR count). The maximum atomic E-state index is 11.3. The van der Waals surface area contributed by atoms with E-state index in [1.165, 1.54) is 11.3 Å². The molecular formula is C31H43N3O2. The van der Waals surface area contributed by atoms with Crippen molar-refractivity contribution in [3.8, 4) is 11.4 Å². The number of hydrogen-bond donors (Lipinski definition) is 1. The summed E-state index contributed by atoms with van der Waals surface area (Å²) in [4.78, 5) is 18.8. The quantitative estimate of drug-likeness (QED) is 0.226. The van der Waals surface area contributed by atoms with E-state index in [-0.39, 0.29) is 12.5 Å². The molecule has 0 saturated heterocycles. The zero-order valence-electron chi connectivity index (χ0n) is 22.3. The first-order valence-corrected chi connectivity index (χ1v) is 13.7. The van der Waals surface area contributed by atoms with Gasteiger partial charge in [0.2, 0.25) is 0 Å². The van der Waals surface area contributed by atoms with E-state index >= 15 is 0 Å². The monoisotopic (exact) mass is 489 g/mol. The maximum absolute atomic E-state index is 11.3. The van der Waals surface area contributed by atoms with Gasteiger partial charge in [-0.1, -0.05) is 101 Å². The highest BCUT2D eigenvalue weighted by Crippen LogP contribution is 2.32. The van der Waals surface area contributed by atoms with Gasteiger partial charge < -0.3 is 9.67 Å². The molecule has 0 radical (unpaired) electrons. The summed E-state index contributed by atoms with van der Waals surface area (Å²) in [6.45, 7) is 9.52. The summed E-state index contributed by atoms with van der Waals surface area (Å²) in [6, 6.07) is 18.9. The van der Waals surface area contributed by atoms with Crippen LogP contribution in [0.5, 0.6) is 0 Å². The Hall–Kier alpha value is -2.92. The summed E-state index contributed by atoms with van der Waals surface area (Å²) in [5.74, 6) is 0.267. The standard InChI is InChI=1S/C31H43N3O2/c1-4-7-18-28(29-23-32-31(34(29)20-9-6-3)27-16-11-10-12-17-27)33(19-8-5-2)24-26-15-13-14-25(21-26)22-30(35)36/h10-17,21,23,28H,4-9,18-20,22,24H2,1-3H3,(H,35,36). The van der Waals surface area contributed by atoms with Crippen molar-refractivity contribution in [2.45, 2.75) is 91.3 Å². The Labute approximate surface area is 217 Å². The van der Waals surface area contributed by atoms with E-state index in [4.69, 9.17) is 4.98 Å². The maximum Gasteiger partial charge on any atom is 0.307 e. The van der Waals surface area contributed by atoms with E-state index in [1.54, 1.807) is 0 Å². The number of carboxylic acids is 1. The molecule has 0 fully saturated rings. The lowest BCUT2D eigenvalue weighted by Crippen LogP contribution is -2.31. The van der Waals surface area contributed by atoms with E-state index in [0.29, 0.717) is 0 Å². The molecule has 0 aliphatic heterocycles. The fraction of sp³-hybridized carbons (Fsp3) is 0.484. The lowest BCUT2D eigenvalue weighted by atomic mass is 10.0. The second-order valence-electron chi connectivity index (χ2n) is 9.75. The predicted molar refractivity (Wildman–Crippen MR) is 148 cm³/mol. The number of imidazole rings is 1. The molecule has 5 heteroatoms. The molecule has 0 amide bonds. The van der Waals surface area contributed by atoms with Gasteiger partial charge in [0, 0.05) is 18.7 Å². The van der Waals surface area contributed by atoms with Gasteiger partial charge in [-0.15, -0.1) is 0 Å². The number of carbonyl (C=O) groups is 1. The Balaban J connectivity index is 2.00. The molecule has 0 aliphatic rings. The SMILES string of the molecule is CCCCC(c1cnc(-c2ccccc2)n1CCCC)N(CCCC)Cc1cccc(CC(=O)O)c1. The molecule has 1 atom stereocenters. The molecule has 1 unspecified atom stereocenters. The Morgan fingerprint density at radius 3 is 2.36 bits per heavy atom. The van der Waals surface area contributed by atoms with Crippen LogP contribution in [0, 0.1) is 0 Å². The van der Waals surface area contributed by atoms with Gasteiger partial charge in [-0.05, 0) is 36.9 Å². The van der Waals surface area contributed by atoms with Gasteiger partial charge in [0.25, 0.3) is 0 Å². The van der Waals surface area contributed by atoms with E-state index < -0.39 is 5.97 Å². The lowest BCUT2D eigenvalue weighted by Gasteiger charge is -2.33. The van der Waals surface area contributed by atoms with Crippen molar-refractivity contribution in [1.82, 2.24) is 14.5 Å². The van der Waals surface area contributed by atoms with Crippen LogP contribution in [0.4, 0.5) is 0 Å². The van der Waals surface area contributed by atoms with E-state index in [1.807, 2.05) is 12.1 Å². The Bertz CT molecular complexity index is 1060. The van der Waals surface area contributed by atoms with Crippen molar-refractivity contribution >= 4 is 5.97 Å². The minimum atomic E-state index is -0.788. The first kappa shape index (κ1) is 27.7. The van der Waals surface area contributed by atoms with Gasteiger partial charge in [-0.25, -0.2) is 4.98 Å². The number of nitrogens with zero attached hydrogens (tertiary/aromatic N) is 3. The highest BCUT2D eigenvalue weighted by molar-refractivity contribution is 5.70. The summed E-state index contributed by atoms with van der Waals surface area (Å²) in [6.07, 6.45) is 10.1. The summed E-state index contributed by atoms with van der Waals surface area (Å²) >= 11 is 0. The summed E-state index contributed by atoms with van der Waals surface area (Å²) < 4.78 is 2.46. The topological polar surface area (TPSA) is 58.4 Å². The number of rotatable bonds is 16. The van der Waals surface area contributed by atoms with Gasteiger partial charge in [0.1, 0.15) is 5.82 Å². The van der Waals surface area contributed by atoms with Crippen LogP contribution in [0.2, 0.25) is 0 Å². The fourth-order valence-electron chi connectivity index (χ4n) is 4.89. The molecule has 0 aliphatic carbocycles. The van der Waals surface area contributed by atoms with Crippen molar-refractivity contribution in [2.75, 3.05) is 6.54 Å². The average molecular weight is 490 g/mol. The van der Waals surface area contributed by atoms with Gasteiger partial charge in [-0.3, -0.25) is 9.69 Å². The summed E-state index contributed by atoms with van der Waals surface area (Å²) in [5.41, 5.74) is 4.50. The Morgan fingerprint density at radius 2 is 1.67 bits per heavy atom. The van der Waals surface area contributed by atoms with Crippen LogP contribution in [0.15, 0.2) is 60.8 Å². The molecule has 36 heavy (non-hydrogen) atoms. The van der Waals surface area contributed by atoms with Gasteiger partial charge in [-0.2, -0.15) is 0 Å². The van der Waals surface area contributed by atoms with Crippen LogP contribution in [0.25, 0.3) is 11.4 Å². The van der Waals surface area contributed by atoms with Crippen molar-refractivity contribution in [3.05, 3.63) is 77.6 Å². The minimum Gasteiger partial charge on any atom is -0.481 e. The molecular weight excluding hydrogens is 446 g/mol. The molecule has 0 bridgehead atoms. The van der Waals surface area contributed by atoms with Crippen LogP contribution < -0.4 is 0 Å². The number of benzene rings is 2. The van der Waals surface area contributed by atoms with Crippen LogP contribution in [0.1, 0.15) is 88.6 Å². The molecule has 1 N–H and O–H groups in total. The molecule has 5 nitrogen and oxygen atoms in total. The van der Waals surface area contributed by atoms with Crippen molar-refractivity contribution in [3.63, 3.8) is 0 Å². The highest BCUT2D eigenvalue weighted by Gasteiger charge is 2.25. The summed E-state index contributed by atoms with van der Waals surface area (Å²) in [5, 5.41) is 9.27. The Kier molecular flexibility index (Phi) is 11.2. The molecule has 1 aromatic heterocycles. The third-order valence-electron chi connectivity index (χ3n) is 6.80. The number of aromatic nitrogens is 2. The zero-order chi connectivity index (χ0) is 25.8. The van der Waals surface area contributed by atoms with Crippen molar-refractivity contribution in [1.29, 1.82) is 0 Å². The number of aliphatic carboxylic acids is 1. The van der Waals surface area contributed by atoms with Gasteiger partial charge in [0.05, 0.1) is 24.4 Å². The number of carboxylic acid groups (broad SMARTS) is 1. The fourth-order valence-corrected chi connectivity index (χ4v) is 4.89. The molecule has 194 valence electrons. The molecule has 1 heterocycles. The number of unbranched alkanes of at least 4 members (excludes halogenated alkanes) is 3. The second kappa shape index (κ2) is 14.6. The Morgan fingerprint density at radius 1 is 0.944 bits per heavy atom. The molecule has 0 saturated carbocycles. The smallest absolute Gasteiger partial charge is 0.307 e. The van der Waals surface area contributed by atoms with E-state index in [9.17, 15) is 9.90 Å². The first-order chi connectivity index (χ1) is 17.6. The first-order valence-electron chi connectivity index (χ1n) is 13.7. The number of hydrogen-bond acceptors (Lipinski definition) is 3. The van der Waals surface area contributed by atoms with E-state index in [2.05, 4.69) is 78.9 Å². The molecule has 2 aromatic carbocycles. The van der Waals surface area contributed by atoms with Crippen LogP contribution in [-0.4, -0.2) is 32.1 Å². The van der Waals surface area contributed by atoms with Crippen LogP contribution in [0.3, 0.4) is 0 Å². The predicted octanol–water partition coefficient (Wildman–Crippen LogP) is 7.51. The lowest BCUT2D eigenvalue weighted by molar-refractivity contribution is -0.136. The summed E-state index contributed by atoms with van der Waals surface area (Å²) in [7, 11) is 0. The van der Waals surface area contributed by atoms with Crippen LogP contribution >= 0.6 is 0 Å². The average Bonchev–Trinajstić information content (AvgIpc) is 3.30. The third kappa shape index (κ3) is 7.79. The minimum absolute atomic E-state index is 0.0618. The van der Waals surface area contributed by atoms with Gasteiger partial charge in [0.15, 0.2) is 0 Å². The second-order valence-corrected chi connectivity index (χ2v) is 9.75.